The highest BCUT2D eigenvalue weighted by molar-refractivity contribution is 7.89. The second-order valence-corrected chi connectivity index (χ2v) is 7.37. The van der Waals surface area contributed by atoms with E-state index in [0.29, 0.717) is 13.1 Å². The zero-order chi connectivity index (χ0) is 15.8. The number of hydrogen-bond donors (Lipinski definition) is 1. The predicted molar refractivity (Wildman–Crippen MR) is 78.9 cm³/mol. The summed E-state index contributed by atoms with van der Waals surface area (Å²) in [5, 5.41) is 13.7. The molecular weight excluding hydrogens is 318 g/mol. The van der Waals surface area contributed by atoms with Gasteiger partial charge in [-0.05, 0) is 19.9 Å². The number of piperazine rings is 1. The Kier molecular flexibility index (Phi) is 4.52. The maximum atomic E-state index is 12.7. The second-order valence-electron chi connectivity index (χ2n) is 5.10. The molecule has 0 aliphatic carbocycles. The number of hydrogen-bond acceptors (Lipinski definition) is 5. The molecule has 1 N–H and O–H groups in total. The van der Waals surface area contributed by atoms with E-state index in [1.54, 1.807) is 6.92 Å². The molecule has 9 heteroatoms. The number of sulfonamides is 1. The van der Waals surface area contributed by atoms with Crippen molar-refractivity contribution in [3.05, 3.63) is 33.3 Å². The monoisotopic (exact) mass is 333 g/mol. The van der Waals surface area contributed by atoms with E-state index in [1.807, 2.05) is 6.92 Å². The van der Waals surface area contributed by atoms with Crippen molar-refractivity contribution < 1.29 is 13.3 Å². The standard InChI is InChI=1S/C12H16ClN3O4S/c1-8-7-15(9(2)6-14-8)21(19,20)12-4-3-10(16(17)18)5-11(12)13/h3-5,8-9,14H,6-7H2,1-2H3. The summed E-state index contributed by atoms with van der Waals surface area (Å²) in [6, 6.07) is 3.22. The zero-order valence-corrected chi connectivity index (χ0v) is 13.2. The number of nitro groups is 1. The Morgan fingerprint density at radius 3 is 2.67 bits per heavy atom. The van der Waals surface area contributed by atoms with Crippen LogP contribution < -0.4 is 5.32 Å². The molecule has 7 nitrogen and oxygen atoms in total. The molecule has 1 fully saturated rings. The fourth-order valence-electron chi connectivity index (χ4n) is 2.26. The van der Waals surface area contributed by atoms with Crippen molar-refractivity contribution in [2.45, 2.75) is 30.8 Å². The van der Waals surface area contributed by atoms with Gasteiger partial charge in [-0.2, -0.15) is 4.31 Å². The van der Waals surface area contributed by atoms with Crippen LogP contribution in [-0.4, -0.2) is 42.8 Å². The first-order valence-electron chi connectivity index (χ1n) is 6.42. The fourth-order valence-corrected chi connectivity index (χ4v) is 4.50. The molecule has 0 bridgehead atoms. The van der Waals surface area contributed by atoms with Crippen LogP contribution in [0.2, 0.25) is 5.02 Å². The van der Waals surface area contributed by atoms with Gasteiger partial charge < -0.3 is 5.32 Å². The molecule has 0 aromatic heterocycles. The quantitative estimate of drug-likeness (QED) is 0.670. The number of nitrogens with zero attached hydrogens (tertiary/aromatic N) is 2. The molecule has 2 unspecified atom stereocenters. The number of nitrogens with one attached hydrogen (secondary N) is 1. The molecule has 0 radical (unpaired) electrons. The summed E-state index contributed by atoms with van der Waals surface area (Å²) < 4.78 is 26.8. The van der Waals surface area contributed by atoms with Crippen LogP contribution in [0.4, 0.5) is 5.69 Å². The minimum Gasteiger partial charge on any atom is -0.311 e. The van der Waals surface area contributed by atoms with E-state index in [9.17, 15) is 18.5 Å². The van der Waals surface area contributed by atoms with Gasteiger partial charge in [0.1, 0.15) is 4.90 Å². The van der Waals surface area contributed by atoms with Gasteiger partial charge in [0.05, 0.1) is 9.95 Å². The van der Waals surface area contributed by atoms with Gasteiger partial charge in [0, 0.05) is 37.3 Å². The Morgan fingerprint density at radius 1 is 1.43 bits per heavy atom. The third kappa shape index (κ3) is 3.18. The van der Waals surface area contributed by atoms with Crippen molar-refractivity contribution in [3.8, 4) is 0 Å². The van der Waals surface area contributed by atoms with Crippen LogP contribution in [0, 0.1) is 10.1 Å². The number of rotatable bonds is 3. The minimum atomic E-state index is -3.78. The lowest BCUT2D eigenvalue weighted by Gasteiger charge is -2.36. The SMILES string of the molecule is CC1CN(S(=O)(=O)c2ccc([N+](=O)[O-])cc2Cl)C(C)CN1. The lowest BCUT2D eigenvalue weighted by Crippen LogP contribution is -2.56. The zero-order valence-electron chi connectivity index (χ0n) is 11.6. The van der Waals surface area contributed by atoms with Gasteiger partial charge in [0.25, 0.3) is 5.69 Å². The van der Waals surface area contributed by atoms with Crippen LogP contribution in [0.15, 0.2) is 23.1 Å². The summed E-state index contributed by atoms with van der Waals surface area (Å²) in [6.45, 7) is 4.57. The third-order valence-electron chi connectivity index (χ3n) is 3.42. The maximum Gasteiger partial charge on any atom is 0.271 e. The molecule has 1 aliphatic rings. The average molecular weight is 334 g/mol. The van der Waals surface area contributed by atoms with Gasteiger partial charge in [0.15, 0.2) is 0 Å². The first-order valence-corrected chi connectivity index (χ1v) is 8.24. The number of non-ortho nitro benzene ring substituents is 1. The molecule has 21 heavy (non-hydrogen) atoms. The molecule has 0 amide bonds. The highest BCUT2D eigenvalue weighted by atomic mass is 35.5. The average Bonchev–Trinajstić information content (AvgIpc) is 2.40. The van der Waals surface area contributed by atoms with Gasteiger partial charge in [-0.3, -0.25) is 10.1 Å². The van der Waals surface area contributed by atoms with Gasteiger partial charge >= 0.3 is 0 Å². The van der Waals surface area contributed by atoms with E-state index >= 15 is 0 Å². The molecule has 0 spiro atoms. The smallest absolute Gasteiger partial charge is 0.271 e. The van der Waals surface area contributed by atoms with Crippen molar-refractivity contribution in [2.75, 3.05) is 13.1 Å². The number of benzene rings is 1. The molecule has 1 aliphatic heterocycles. The number of nitro benzene ring substituents is 1. The summed E-state index contributed by atoms with van der Waals surface area (Å²) in [5.74, 6) is 0. The summed E-state index contributed by atoms with van der Waals surface area (Å²) >= 11 is 5.94. The van der Waals surface area contributed by atoms with E-state index in [1.165, 1.54) is 10.4 Å². The summed E-state index contributed by atoms with van der Waals surface area (Å²) in [7, 11) is -3.78. The summed E-state index contributed by atoms with van der Waals surface area (Å²) in [5.41, 5.74) is -0.235. The van der Waals surface area contributed by atoms with Crippen molar-refractivity contribution in [2.24, 2.45) is 0 Å². The van der Waals surface area contributed by atoms with Crippen molar-refractivity contribution in [1.29, 1.82) is 0 Å². The Morgan fingerprint density at radius 2 is 2.10 bits per heavy atom. The van der Waals surface area contributed by atoms with Crippen LogP contribution in [-0.2, 0) is 10.0 Å². The lowest BCUT2D eigenvalue weighted by molar-refractivity contribution is -0.384. The fraction of sp³-hybridized carbons (Fsp3) is 0.500. The molecule has 0 saturated carbocycles. The van der Waals surface area contributed by atoms with Gasteiger partial charge in [-0.15, -0.1) is 0 Å². The van der Waals surface area contributed by atoms with Crippen LogP contribution in [0.3, 0.4) is 0 Å². The van der Waals surface area contributed by atoms with Crippen LogP contribution in [0.5, 0.6) is 0 Å². The maximum absolute atomic E-state index is 12.7. The van der Waals surface area contributed by atoms with E-state index in [0.717, 1.165) is 12.1 Å². The molecule has 116 valence electrons. The minimum absolute atomic E-state index is 0.0350. The molecule has 1 aromatic rings. The first-order chi connectivity index (χ1) is 9.73. The molecule has 1 aromatic carbocycles. The summed E-state index contributed by atoms with van der Waals surface area (Å²) in [6.07, 6.45) is 0. The van der Waals surface area contributed by atoms with E-state index < -0.39 is 14.9 Å². The number of halogens is 1. The van der Waals surface area contributed by atoms with Crippen molar-refractivity contribution in [1.82, 2.24) is 9.62 Å². The van der Waals surface area contributed by atoms with E-state index in [2.05, 4.69) is 5.32 Å². The largest absolute Gasteiger partial charge is 0.311 e. The summed E-state index contributed by atoms with van der Waals surface area (Å²) in [4.78, 5) is 9.98. The van der Waals surface area contributed by atoms with Crippen LogP contribution in [0.25, 0.3) is 0 Å². The Labute approximate surface area is 128 Å². The normalized spacial score (nSPS) is 24.0. The predicted octanol–water partition coefficient (Wildman–Crippen LogP) is 1.62. The first kappa shape index (κ1) is 16.2. The molecule has 1 saturated heterocycles. The van der Waals surface area contributed by atoms with Crippen molar-refractivity contribution in [3.63, 3.8) is 0 Å². The van der Waals surface area contributed by atoms with Gasteiger partial charge in [0.2, 0.25) is 10.0 Å². The van der Waals surface area contributed by atoms with E-state index in [4.69, 9.17) is 11.6 Å². The Hall–Kier alpha value is -1.22. The molecular formula is C12H16ClN3O4S. The third-order valence-corrected chi connectivity index (χ3v) is 5.88. The molecule has 2 rings (SSSR count). The van der Waals surface area contributed by atoms with Gasteiger partial charge in [-0.1, -0.05) is 11.6 Å². The highest BCUT2D eigenvalue weighted by Crippen LogP contribution is 2.30. The molecule has 2 atom stereocenters. The second kappa shape index (κ2) is 5.88. The lowest BCUT2D eigenvalue weighted by atomic mass is 10.2. The highest BCUT2D eigenvalue weighted by Gasteiger charge is 2.34. The van der Waals surface area contributed by atoms with Gasteiger partial charge in [-0.25, -0.2) is 8.42 Å². The van der Waals surface area contributed by atoms with E-state index in [-0.39, 0.29) is 27.7 Å². The molecule has 1 heterocycles. The van der Waals surface area contributed by atoms with Crippen molar-refractivity contribution >= 4 is 27.3 Å². The topological polar surface area (TPSA) is 92.5 Å². The Balaban J connectivity index is 2.41. The Bertz CT molecular complexity index is 664. The van der Waals surface area contributed by atoms with Crippen LogP contribution in [0.1, 0.15) is 13.8 Å². The van der Waals surface area contributed by atoms with Crippen LogP contribution >= 0.6 is 11.6 Å².